The van der Waals surface area contributed by atoms with Crippen molar-refractivity contribution in [3.63, 3.8) is 0 Å². The topological polar surface area (TPSA) is 12.0 Å². The molecule has 1 N–H and O–H groups in total. The molecule has 2 aromatic rings. The predicted molar refractivity (Wildman–Crippen MR) is 85.7 cm³/mol. The van der Waals surface area contributed by atoms with Gasteiger partial charge in [-0.15, -0.1) is 0 Å². The number of likely N-dealkylation sites (N-methyl/N-ethyl adjacent to an activating group) is 1. The molecule has 0 bridgehead atoms. The third-order valence-corrected chi connectivity index (χ3v) is 4.28. The summed E-state index contributed by atoms with van der Waals surface area (Å²) in [6.45, 7) is 3.18. The number of hydrogen-bond acceptors (Lipinski definition) is 1. The van der Waals surface area contributed by atoms with E-state index in [9.17, 15) is 0 Å². The van der Waals surface area contributed by atoms with Crippen molar-refractivity contribution in [3.05, 3.63) is 69.7 Å². The Labute approximate surface area is 124 Å². The highest BCUT2D eigenvalue weighted by molar-refractivity contribution is 9.10. The Morgan fingerprint density at radius 1 is 1.05 bits per heavy atom. The van der Waals surface area contributed by atoms with E-state index in [1.54, 1.807) is 0 Å². The van der Waals surface area contributed by atoms with Gasteiger partial charge in [0.2, 0.25) is 0 Å². The number of rotatable bonds is 5. The number of aryl methyl sites for hydroxylation is 1. The summed E-state index contributed by atoms with van der Waals surface area (Å²) in [5, 5.41) is 3.32. The van der Waals surface area contributed by atoms with Crippen molar-refractivity contribution >= 4 is 15.9 Å². The Bertz CT molecular complexity index is 536. The summed E-state index contributed by atoms with van der Waals surface area (Å²) < 4.78 is 1.20. The summed E-state index contributed by atoms with van der Waals surface area (Å²) in [7, 11) is 2.02. The molecule has 1 nitrogen and oxygen atoms in total. The molecule has 0 heterocycles. The second-order valence-electron chi connectivity index (χ2n) is 4.91. The molecular weight excluding hydrogens is 298 g/mol. The van der Waals surface area contributed by atoms with Crippen molar-refractivity contribution in [2.45, 2.75) is 19.3 Å². The Morgan fingerprint density at radius 3 is 2.42 bits per heavy atom. The van der Waals surface area contributed by atoms with E-state index in [4.69, 9.17) is 0 Å². The van der Waals surface area contributed by atoms with Crippen LogP contribution in [0.5, 0.6) is 0 Å². The van der Waals surface area contributed by atoms with Gasteiger partial charge >= 0.3 is 0 Å². The minimum atomic E-state index is 0.505. The first-order valence-electron chi connectivity index (χ1n) is 6.66. The van der Waals surface area contributed by atoms with Gasteiger partial charge in [0.1, 0.15) is 0 Å². The lowest BCUT2D eigenvalue weighted by Crippen LogP contribution is -2.20. The molecule has 1 unspecified atom stereocenters. The van der Waals surface area contributed by atoms with Crippen LogP contribution in [0.3, 0.4) is 0 Å². The number of nitrogens with one attached hydrogen (secondary N) is 1. The smallest absolute Gasteiger partial charge is 0.0207 e. The van der Waals surface area contributed by atoms with Crippen LogP contribution in [-0.4, -0.2) is 13.6 Å². The molecule has 2 heteroatoms. The Balaban J connectivity index is 2.27. The Kier molecular flexibility index (Phi) is 5.17. The SMILES string of the molecule is CNCC(Cc1ccccc1Br)c1ccccc1C. The van der Waals surface area contributed by atoms with E-state index in [2.05, 4.69) is 76.7 Å². The molecule has 0 aromatic heterocycles. The molecule has 0 amide bonds. The maximum absolute atomic E-state index is 3.65. The molecule has 0 spiro atoms. The maximum atomic E-state index is 3.65. The van der Waals surface area contributed by atoms with Gasteiger partial charge < -0.3 is 5.32 Å². The van der Waals surface area contributed by atoms with Crippen LogP contribution >= 0.6 is 15.9 Å². The molecule has 1 atom stereocenters. The van der Waals surface area contributed by atoms with E-state index >= 15 is 0 Å². The fourth-order valence-corrected chi connectivity index (χ4v) is 2.96. The van der Waals surface area contributed by atoms with Crippen LogP contribution in [-0.2, 0) is 6.42 Å². The van der Waals surface area contributed by atoms with Crippen molar-refractivity contribution in [1.29, 1.82) is 0 Å². The highest BCUT2D eigenvalue weighted by atomic mass is 79.9. The van der Waals surface area contributed by atoms with Crippen molar-refractivity contribution in [3.8, 4) is 0 Å². The van der Waals surface area contributed by atoms with Gasteiger partial charge in [-0.05, 0) is 43.1 Å². The van der Waals surface area contributed by atoms with Crippen LogP contribution in [0.4, 0.5) is 0 Å². The van der Waals surface area contributed by atoms with Crippen LogP contribution in [0.15, 0.2) is 53.0 Å². The molecule has 0 fully saturated rings. The van der Waals surface area contributed by atoms with Crippen LogP contribution in [0.25, 0.3) is 0 Å². The quantitative estimate of drug-likeness (QED) is 0.866. The lowest BCUT2D eigenvalue weighted by Gasteiger charge is -2.20. The molecule has 0 saturated heterocycles. The van der Waals surface area contributed by atoms with E-state index in [1.165, 1.54) is 21.2 Å². The van der Waals surface area contributed by atoms with E-state index in [0.29, 0.717) is 5.92 Å². The Morgan fingerprint density at radius 2 is 1.74 bits per heavy atom. The van der Waals surface area contributed by atoms with E-state index in [1.807, 2.05) is 7.05 Å². The predicted octanol–water partition coefficient (Wildman–Crippen LogP) is 4.30. The van der Waals surface area contributed by atoms with Crippen LogP contribution in [0, 0.1) is 6.92 Å². The molecule has 2 aromatic carbocycles. The molecule has 19 heavy (non-hydrogen) atoms. The largest absolute Gasteiger partial charge is 0.319 e. The van der Waals surface area contributed by atoms with Crippen molar-refractivity contribution in [2.75, 3.05) is 13.6 Å². The van der Waals surface area contributed by atoms with E-state index in [0.717, 1.165) is 13.0 Å². The minimum Gasteiger partial charge on any atom is -0.319 e. The first-order valence-corrected chi connectivity index (χ1v) is 7.45. The van der Waals surface area contributed by atoms with Crippen molar-refractivity contribution in [2.24, 2.45) is 0 Å². The van der Waals surface area contributed by atoms with E-state index < -0.39 is 0 Å². The minimum absolute atomic E-state index is 0.505. The lowest BCUT2D eigenvalue weighted by atomic mass is 9.89. The highest BCUT2D eigenvalue weighted by Gasteiger charge is 2.14. The molecule has 0 saturated carbocycles. The molecule has 100 valence electrons. The standard InChI is InChI=1S/C17H20BrN/c1-13-7-3-5-9-16(13)15(12-19-2)11-14-8-4-6-10-17(14)18/h3-10,15,19H,11-12H2,1-2H3. The molecular formula is C17H20BrN. The summed E-state index contributed by atoms with van der Waals surface area (Å²) in [6, 6.07) is 17.2. The third kappa shape index (κ3) is 3.68. The molecule has 0 aliphatic heterocycles. The summed E-state index contributed by atoms with van der Waals surface area (Å²) >= 11 is 3.65. The second-order valence-corrected chi connectivity index (χ2v) is 5.76. The molecule has 0 aliphatic carbocycles. The molecule has 2 rings (SSSR count). The van der Waals surface area contributed by atoms with Gasteiger partial charge in [0.05, 0.1) is 0 Å². The second kappa shape index (κ2) is 6.88. The zero-order valence-electron chi connectivity index (χ0n) is 11.5. The maximum Gasteiger partial charge on any atom is 0.0207 e. The number of hydrogen-bond donors (Lipinski definition) is 1. The van der Waals surface area contributed by atoms with Gasteiger partial charge in [-0.2, -0.15) is 0 Å². The summed E-state index contributed by atoms with van der Waals surface area (Å²) in [4.78, 5) is 0. The Hall–Kier alpha value is -1.12. The van der Waals surface area contributed by atoms with Gasteiger partial charge in [0, 0.05) is 16.9 Å². The number of halogens is 1. The first kappa shape index (κ1) is 14.3. The molecule has 0 aliphatic rings. The summed E-state index contributed by atoms with van der Waals surface area (Å²) in [5.41, 5.74) is 4.17. The van der Waals surface area contributed by atoms with Gasteiger partial charge in [-0.25, -0.2) is 0 Å². The zero-order chi connectivity index (χ0) is 13.7. The van der Waals surface area contributed by atoms with E-state index in [-0.39, 0.29) is 0 Å². The van der Waals surface area contributed by atoms with Crippen LogP contribution in [0.2, 0.25) is 0 Å². The zero-order valence-corrected chi connectivity index (χ0v) is 13.1. The molecule has 0 radical (unpaired) electrons. The normalized spacial score (nSPS) is 12.4. The monoisotopic (exact) mass is 317 g/mol. The summed E-state index contributed by atoms with van der Waals surface area (Å²) in [6.07, 6.45) is 1.05. The highest BCUT2D eigenvalue weighted by Crippen LogP contribution is 2.26. The van der Waals surface area contributed by atoms with Gasteiger partial charge in [-0.1, -0.05) is 58.4 Å². The third-order valence-electron chi connectivity index (χ3n) is 3.50. The van der Waals surface area contributed by atoms with Gasteiger partial charge in [0.15, 0.2) is 0 Å². The fraction of sp³-hybridized carbons (Fsp3) is 0.294. The average Bonchev–Trinajstić information content (AvgIpc) is 2.41. The van der Waals surface area contributed by atoms with Crippen molar-refractivity contribution < 1.29 is 0 Å². The van der Waals surface area contributed by atoms with Crippen LogP contribution in [0.1, 0.15) is 22.6 Å². The fourth-order valence-electron chi connectivity index (χ4n) is 2.51. The lowest BCUT2D eigenvalue weighted by molar-refractivity contribution is 0.622. The van der Waals surface area contributed by atoms with Gasteiger partial charge in [0.25, 0.3) is 0 Å². The average molecular weight is 318 g/mol. The van der Waals surface area contributed by atoms with Crippen LogP contribution < -0.4 is 5.32 Å². The first-order chi connectivity index (χ1) is 9.22. The van der Waals surface area contributed by atoms with Crippen molar-refractivity contribution in [1.82, 2.24) is 5.32 Å². The summed E-state index contributed by atoms with van der Waals surface area (Å²) in [5.74, 6) is 0.505. The van der Waals surface area contributed by atoms with Gasteiger partial charge in [-0.3, -0.25) is 0 Å². The number of benzene rings is 2.